The van der Waals surface area contributed by atoms with E-state index in [0.717, 1.165) is 38.6 Å². The third-order valence-corrected chi connectivity index (χ3v) is 6.00. The van der Waals surface area contributed by atoms with Crippen LogP contribution in [0, 0.1) is 11.8 Å². The van der Waals surface area contributed by atoms with Crippen molar-refractivity contribution >= 4 is 17.7 Å². The van der Waals surface area contributed by atoms with Crippen LogP contribution in [-0.2, 0) is 20.8 Å². The van der Waals surface area contributed by atoms with Gasteiger partial charge in [0.05, 0.1) is 0 Å². The first kappa shape index (κ1) is 21.3. The Morgan fingerprint density at radius 3 is 2.62 bits per heavy atom. The van der Waals surface area contributed by atoms with Crippen molar-refractivity contribution in [2.24, 2.45) is 11.8 Å². The predicted molar refractivity (Wildman–Crippen MR) is 112 cm³/mol. The first-order valence-electron chi connectivity index (χ1n) is 10.9. The number of nitrogens with one attached hydrogen (secondary N) is 2. The first-order chi connectivity index (χ1) is 14.0. The Morgan fingerprint density at radius 1 is 1.17 bits per heavy atom. The van der Waals surface area contributed by atoms with Crippen LogP contribution in [0.4, 0.5) is 0 Å². The van der Waals surface area contributed by atoms with E-state index in [9.17, 15) is 14.4 Å². The zero-order valence-corrected chi connectivity index (χ0v) is 17.4. The third kappa shape index (κ3) is 6.58. The summed E-state index contributed by atoms with van der Waals surface area (Å²) in [5.41, 5.74) is 1.23. The van der Waals surface area contributed by atoms with Gasteiger partial charge in [0.2, 0.25) is 17.7 Å². The topological polar surface area (TPSA) is 78.5 Å². The molecule has 0 radical (unpaired) electrons. The van der Waals surface area contributed by atoms with E-state index in [1.807, 2.05) is 30.0 Å². The smallest absolute Gasteiger partial charge is 0.223 e. The molecule has 29 heavy (non-hydrogen) atoms. The van der Waals surface area contributed by atoms with Crippen LogP contribution in [-0.4, -0.2) is 48.3 Å². The van der Waals surface area contributed by atoms with Crippen molar-refractivity contribution in [2.75, 3.05) is 19.6 Å². The molecule has 158 valence electrons. The number of carbonyl (C=O) groups excluding carboxylic acids is 3. The quantitative estimate of drug-likeness (QED) is 0.669. The van der Waals surface area contributed by atoms with Crippen LogP contribution in [0.3, 0.4) is 0 Å². The van der Waals surface area contributed by atoms with Gasteiger partial charge in [-0.2, -0.15) is 0 Å². The van der Waals surface area contributed by atoms with Gasteiger partial charge in [0, 0.05) is 50.4 Å². The van der Waals surface area contributed by atoms with Crippen LogP contribution in [0.15, 0.2) is 30.3 Å². The van der Waals surface area contributed by atoms with Gasteiger partial charge in [-0.25, -0.2) is 0 Å². The molecule has 6 nitrogen and oxygen atoms in total. The van der Waals surface area contributed by atoms with Gasteiger partial charge < -0.3 is 15.5 Å². The molecule has 2 fully saturated rings. The maximum absolute atomic E-state index is 12.2. The molecule has 2 N–H and O–H groups in total. The number of hydrogen-bond acceptors (Lipinski definition) is 3. The largest absolute Gasteiger partial charge is 0.356 e. The summed E-state index contributed by atoms with van der Waals surface area (Å²) >= 11 is 0. The molecule has 0 unspecified atom stereocenters. The number of amides is 3. The lowest BCUT2D eigenvalue weighted by atomic mass is 10.1. The van der Waals surface area contributed by atoms with Crippen molar-refractivity contribution in [3.63, 3.8) is 0 Å². The molecule has 0 spiro atoms. The van der Waals surface area contributed by atoms with Gasteiger partial charge in [-0.3, -0.25) is 14.4 Å². The minimum absolute atomic E-state index is 0.0700. The summed E-state index contributed by atoms with van der Waals surface area (Å²) in [7, 11) is 0. The molecule has 0 aromatic heterocycles. The first-order valence-corrected chi connectivity index (χ1v) is 10.9. The fourth-order valence-electron chi connectivity index (χ4n) is 4.32. The van der Waals surface area contributed by atoms with E-state index in [1.165, 1.54) is 5.56 Å². The molecule has 1 aromatic rings. The van der Waals surface area contributed by atoms with E-state index in [0.29, 0.717) is 19.5 Å². The second-order valence-electron chi connectivity index (χ2n) is 8.54. The zero-order valence-electron chi connectivity index (χ0n) is 17.4. The number of likely N-dealkylation sites (tertiary alicyclic amines) is 1. The minimum Gasteiger partial charge on any atom is -0.356 e. The van der Waals surface area contributed by atoms with E-state index < -0.39 is 0 Å². The molecule has 2 atom stereocenters. The van der Waals surface area contributed by atoms with E-state index in [1.54, 1.807) is 0 Å². The van der Waals surface area contributed by atoms with Gasteiger partial charge in [0.1, 0.15) is 0 Å². The van der Waals surface area contributed by atoms with Crippen molar-refractivity contribution in [3.05, 3.63) is 35.9 Å². The third-order valence-electron chi connectivity index (χ3n) is 6.00. The molecule has 2 aliphatic rings. The lowest BCUT2D eigenvalue weighted by molar-refractivity contribution is -0.128. The van der Waals surface area contributed by atoms with Crippen molar-refractivity contribution < 1.29 is 14.4 Å². The van der Waals surface area contributed by atoms with E-state index in [4.69, 9.17) is 0 Å². The molecular formula is C23H33N3O3. The SMILES string of the molecule is C[C@H](CC(=O)NC[C@@H]1CC(=O)N(CCc2ccccc2)C1)NC(=O)C1CCCC1. The van der Waals surface area contributed by atoms with Gasteiger partial charge in [-0.15, -0.1) is 0 Å². The Hall–Kier alpha value is -2.37. The molecule has 6 heteroatoms. The maximum Gasteiger partial charge on any atom is 0.223 e. The molecule has 3 amide bonds. The Kier molecular flexibility index (Phi) is 7.67. The fraction of sp³-hybridized carbons (Fsp3) is 0.609. The maximum atomic E-state index is 12.2. The van der Waals surface area contributed by atoms with Crippen molar-refractivity contribution in [2.45, 2.75) is 57.9 Å². The molecule has 3 rings (SSSR count). The van der Waals surface area contributed by atoms with Crippen molar-refractivity contribution in [3.8, 4) is 0 Å². The number of benzene rings is 1. The highest BCUT2D eigenvalue weighted by Crippen LogP contribution is 2.24. The second-order valence-corrected chi connectivity index (χ2v) is 8.54. The van der Waals surface area contributed by atoms with Crippen molar-refractivity contribution in [1.29, 1.82) is 0 Å². The highest BCUT2D eigenvalue weighted by Gasteiger charge is 2.29. The monoisotopic (exact) mass is 399 g/mol. The average Bonchev–Trinajstić information content (AvgIpc) is 3.35. The lowest BCUT2D eigenvalue weighted by Gasteiger charge is -2.18. The number of hydrogen-bond donors (Lipinski definition) is 2. The summed E-state index contributed by atoms with van der Waals surface area (Å²) < 4.78 is 0. The van der Waals surface area contributed by atoms with Crippen LogP contribution < -0.4 is 10.6 Å². The molecule has 1 saturated carbocycles. The Balaban J connectivity index is 1.33. The number of nitrogens with zero attached hydrogens (tertiary/aromatic N) is 1. The van der Waals surface area contributed by atoms with Crippen LogP contribution in [0.2, 0.25) is 0 Å². The van der Waals surface area contributed by atoms with Crippen LogP contribution >= 0.6 is 0 Å². The normalized spacial score (nSPS) is 20.7. The zero-order chi connectivity index (χ0) is 20.6. The van der Waals surface area contributed by atoms with E-state index in [2.05, 4.69) is 22.8 Å². The van der Waals surface area contributed by atoms with Crippen molar-refractivity contribution in [1.82, 2.24) is 15.5 Å². The Labute approximate surface area is 173 Å². The molecule has 1 aromatic carbocycles. The summed E-state index contributed by atoms with van der Waals surface area (Å²) in [5.74, 6) is 0.451. The Morgan fingerprint density at radius 2 is 1.90 bits per heavy atom. The van der Waals surface area contributed by atoms with Crippen LogP contribution in [0.1, 0.15) is 51.0 Å². The molecular weight excluding hydrogens is 366 g/mol. The van der Waals surface area contributed by atoms with Crippen LogP contribution in [0.5, 0.6) is 0 Å². The summed E-state index contributed by atoms with van der Waals surface area (Å²) in [6.07, 6.45) is 5.77. The summed E-state index contributed by atoms with van der Waals surface area (Å²) in [5, 5.41) is 5.91. The lowest BCUT2D eigenvalue weighted by Crippen LogP contribution is -2.40. The second kappa shape index (κ2) is 10.4. The molecule has 0 bridgehead atoms. The molecule has 1 aliphatic carbocycles. The highest BCUT2D eigenvalue weighted by atomic mass is 16.2. The molecule has 1 aliphatic heterocycles. The van der Waals surface area contributed by atoms with E-state index >= 15 is 0 Å². The molecule has 1 heterocycles. The van der Waals surface area contributed by atoms with Gasteiger partial charge in [0.25, 0.3) is 0 Å². The predicted octanol–water partition coefficient (Wildman–Crippen LogP) is 2.28. The molecule has 1 saturated heterocycles. The summed E-state index contributed by atoms with van der Waals surface area (Å²) in [4.78, 5) is 38.5. The number of carbonyl (C=O) groups is 3. The minimum atomic E-state index is -0.171. The van der Waals surface area contributed by atoms with E-state index in [-0.39, 0.29) is 42.0 Å². The average molecular weight is 400 g/mol. The highest BCUT2D eigenvalue weighted by molar-refractivity contribution is 5.81. The Bertz CT molecular complexity index is 701. The van der Waals surface area contributed by atoms with Crippen LogP contribution in [0.25, 0.3) is 0 Å². The van der Waals surface area contributed by atoms with Gasteiger partial charge >= 0.3 is 0 Å². The number of rotatable bonds is 9. The van der Waals surface area contributed by atoms with Gasteiger partial charge in [-0.05, 0) is 31.7 Å². The fourth-order valence-corrected chi connectivity index (χ4v) is 4.32. The van der Waals surface area contributed by atoms with Gasteiger partial charge in [-0.1, -0.05) is 43.2 Å². The summed E-state index contributed by atoms with van der Waals surface area (Å²) in [6.45, 7) is 3.80. The summed E-state index contributed by atoms with van der Waals surface area (Å²) in [6, 6.07) is 9.99. The standard InChI is InChI=1S/C23H33N3O3/c1-17(25-23(29)20-9-5-6-10-20)13-21(27)24-15-19-14-22(28)26(16-19)12-11-18-7-3-2-4-8-18/h2-4,7-8,17,19-20H,5-6,9-16H2,1H3,(H,24,27)(H,25,29)/t17-,19+/m1/s1. The van der Waals surface area contributed by atoms with Gasteiger partial charge in [0.15, 0.2) is 0 Å².